The zero-order valence-corrected chi connectivity index (χ0v) is 4.53. The van der Waals surface area contributed by atoms with E-state index in [9.17, 15) is 0 Å². The van der Waals surface area contributed by atoms with Gasteiger partial charge in [-0.3, -0.25) is 4.99 Å². The lowest BCUT2D eigenvalue weighted by Crippen LogP contribution is -1.79. The summed E-state index contributed by atoms with van der Waals surface area (Å²) in [6.45, 7) is 2.11. The van der Waals surface area contributed by atoms with E-state index in [0.717, 1.165) is 5.75 Å². The molecule has 0 aromatic heterocycles. The van der Waals surface area contributed by atoms with E-state index in [1.54, 1.807) is 0 Å². The van der Waals surface area contributed by atoms with Gasteiger partial charge >= 0.3 is 0 Å². The van der Waals surface area contributed by atoms with Gasteiger partial charge in [-0.1, -0.05) is 0 Å². The third-order valence-corrected chi connectivity index (χ3v) is 1.67. The first-order valence-electron chi connectivity index (χ1n) is 2.03. The molecule has 6 heavy (non-hydrogen) atoms. The highest BCUT2D eigenvalue weighted by Crippen LogP contribution is 2.14. The predicted octanol–water partition coefficient (Wildman–Crippen LogP) is 1.15. The monoisotopic (exact) mass is 101 g/mol. The summed E-state index contributed by atoms with van der Waals surface area (Å²) in [6.07, 6.45) is 1.97. The third-order valence-electron chi connectivity index (χ3n) is 0.727. The van der Waals surface area contributed by atoms with Gasteiger partial charge < -0.3 is 0 Å². The van der Waals surface area contributed by atoms with Crippen molar-refractivity contribution in [3.8, 4) is 0 Å². The van der Waals surface area contributed by atoms with Gasteiger partial charge in [-0.25, -0.2) is 0 Å². The van der Waals surface area contributed by atoms with Crippen molar-refractivity contribution in [1.29, 1.82) is 0 Å². The maximum absolute atomic E-state index is 4.07. The fourth-order valence-corrected chi connectivity index (χ4v) is 1.04. The van der Waals surface area contributed by atoms with Gasteiger partial charge in [0.15, 0.2) is 0 Å². The minimum absolute atomic E-state index is 0.532. The highest BCUT2D eigenvalue weighted by Gasteiger charge is 2.00. The van der Waals surface area contributed by atoms with Gasteiger partial charge in [0, 0.05) is 12.0 Å². The van der Waals surface area contributed by atoms with Crippen molar-refractivity contribution in [1.82, 2.24) is 0 Å². The largest absolute Gasteiger partial charge is 0.283 e. The lowest BCUT2D eigenvalue weighted by molar-refractivity contribution is 1.07. The zero-order chi connectivity index (χ0) is 4.41. The van der Waals surface area contributed by atoms with Crippen molar-refractivity contribution in [3.63, 3.8) is 0 Å². The first-order chi connectivity index (χ1) is 2.89. The summed E-state index contributed by atoms with van der Waals surface area (Å²) in [6, 6.07) is 0. The number of aliphatic imine (C=N–C) groups is 1. The van der Waals surface area contributed by atoms with E-state index in [0.29, 0.717) is 5.37 Å². The van der Waals surface area contributed by atoms with Crippen LogP contribution < -0.4 is 0 Å². The average Bonchev–Trinajstić information content (AvgIpc) is 1.86. The predicted molar refractivity (Wildman–Crippen MR) is 30.4 cm³/mol. The van der Waals surface area contributed by atoms with Crippen LogP contribution >= 0.6 is 11.8 Å². The van der Waals surface area contributed by atoms with Gasteiger partial charge in [0.05, 0.1) is 5.37 Å². The smallest absolute Gasteiger partial charge is 0.0923 e. The molecule has 0 saturated carbocycles. The molecule has 1 aliphatic rings. The van der Waals surface area contributed by atoms with Crippen LogP contribution in [0, 0.1) is 0 Å². The van der Waals surface area contributed by atoms with E-state index in [4.69, 9.17) is 0 Å². The van der Waals surface area contributed by atoms with Crippen molar-refractivity contribution in [2.75, 3.05) is 5.75 Å². The van der Waals surface area contributed by atoms with Crippen molar-refractivity contribution >= 4 is 18.0 Å². The Morgan fingerprint density at radius 1 is 2.00 bits per heavy atom. The fraction of sp³-hybridized carbons (Fsp3) is 0.750. The minimum Gasteiger partial charge on any atom is -0.283 e. The Hall–Kier alpha value is 0.0200. The Bertz CT molecular complexity index is 69.9. The summed E-state index contributed by atoms with van der Waals surface area (Å²) in [5, 5.41) is 0.532. The second-order valence-electron chi connectivity index (χ2n) is 1.26. The Morgan fingerprint density at radius 2 is 2.83 bits per heavy atom. The quantitative estimate of drug-likeness (QED) is 0.446. The summed E-state index contributed by atoms with van der Waals surface area (Å²) in [7, 11) is 0. The average molecular weight is 101 g/mol. The Kier molecular flexibility index (Phi) is 1.15. The third kappa shape index (κ3) is 0.744. The van der Waals surface area contributed by atoms with E-state index in [-0.39, 0.29) is 0 Å². The second-order valence-corrected chi connectivity index (χ2v) is 2.61. The summed E-state index contributed by atoms with van der Waals surface area (Å²) >= 11 is 1.87. The Morgan fingerprint density at radius 3 is 3.00 bits per heavy atom. The SMILES string of the molecule is CC1N=CCS1. The van der Waals surface area contributed by atoms with Crippen LogP contribution in [0.15, 0.2) is 4.99 Å². The molecular formula is C4H7NS. The Balaban J connectivity index is 2.38. The zero-order valence-electron chi connectivity index (χ0n) is 3.72. The van der Waals surface area contributed by atoms with Crippen LogP contribution in [0.5, 0.6) is 0 Å². The summed E-state index contributed by atoms with van der Waals surface area (Å²) in [4.78, 5) is 4.07. The summed E-state index contributed by atoms with van der Waals surface area (Å²) in [5.41, 5.74) is 0. The molecule has 1 rings (SSSR count). The lowest BCUT2D eigenvalue weighted by Gasteiger charge is -1.88. The van der Waals surface area contributed by atoms with Crippen molar-refractivity contribution in [3.05, 3.63) is 0 Å². The van der Waals surface area contributed by atoms with Gasteiger partial charge in [0.2, 0.25) is 0 Å². The molecule has 0 aromatic rings. The Labute approximate surface area is 41.8 Å². The lowest BCUT2D eigenvalue weighted by atomic mass is 10.8. The maximum Gasteiger partial charge on any atom is 0.0923 e. The van der Waals surface area contributed by atoms with E-state index in [1.165, 1.54) is 0 Å². The van der Waals surface area contributed by atoms with E-state index < -0.39 is 0 Å². The molecule has 2 heteroatoms. The molecular weight excluding hydrogens is 94.1 g/mol. The highest BCUT2D eigenvalue weighted by atomic mass is 32.2. The summed E-state index contributed by atoms with van der Waals surface area (Å²) < 4.78 is 0. The fourth-order valence-electron chi connectivity index (χ4n) is 0.417. The molecule has 1 unspecified atom stereocenters. The first-order valence-corrected chi connectivity index (χ1v) is 3.08. The number of rotatable bonds is 0. The molecule has 0 fully saturated rings. The molecule has 0 aliphatic carbocycles. The highest BCUT2D eigenvalue weighted by molar-refractivity contribution is 8.00. The van der Waals surface area contributed by atoms with Crippen LogP contribution in [0.2, 0.25) is 0 Å². The van der Waals surface area contributed by atoms with Crippen LogP contribution in [0.25, 0.3) is 0 Å². The molecule has 0 bridgehead atoms. The molecule has 34 valence electrons. The molecule has 0 amide bonds. The molecule has 0 N–H and O–H groups in total. The van der Waals surface area contributed by atoms with Gasteiger partial charge in [-0.2, -0.15) is 0 Å². The molecule has 1 atom stereocenters. The van der Waals surface area contributed by atoms with E-state index in [2.05, 4.69) is 11.9 Å². The molecule has 1 nitrogen and oxygen atoms in total. The van der Waals surface area contributed by atoms with E-state index in [1.807, 2.05) is 18.0 Å². The molecule has 0 aromatic carbocycles. The van der Waals surface area contributed by atoms with Gasteiger partial charge in [-0.15, -0.1) is 11.8 Å². The molecule has 0 spiro atoms. The summed E-state index contributed by atoms with van der Waals surface area (Å²) in [5.74, 6) is 1.11. The van der Waals surface area contributed by atoms with Gasteiger partial charge in [0.1, 0.15) is 0 Å². The maximum atomic E-state index is 4.07. The van der Waals surface area contributed by atoms with Crippen LogP contribution in [-0.2, 0) is 0 Å². The number of thioether (sulfide) groups is 1. The van der Waals surface area contributed by atoms with Gasteiger partial charge in [-0.05, 0) is 6.92 Å². The second kappa shape index (κ2) is 1.65. The van der Waals surface area contributed by atoms with Crippen LogP contribution in [0.3, 0.4) is 0 Å². The number of hydrogen-bond acceptors (Lipinski definition) is 2. The minimum atomic E-state index is 0.532. The number of nitrogens with zero attached hydrogens (tertiary/aromatic N) is 1. The van der Waals surface area contributed by atoms with Crippen molar-refractivity contribution < 1.29 is 0 Å². The van der Waals surface area contributed by atoms with E-state index >= 15 is 0 Å². The van der Waals surface area contributed by atoms with Crippen LogP contribution in [-0.4, -0.2) is 17.3 Å². The molecule has 1 aliphatic heterocycles. The van der Waals surface area contributed by atoms with Crippen LogP contribution in [0.4, 0.5) is 0 Å². The molecule has 0 radical (unpaired) electrons. The first kappa shape index (κ1) is 4.19. The standard InChI is InChI=1S/C4H7NS/c1-4-5-2-3-6-4/h2,4H,3H2,1H3. The van der Waals surface area contributed by atoms with Crippen molar-refractivity contribution in [2.24, 2.45) is 4.99 Å². The van der Waals surface area contributed by atoms with Crippen LogP contribution in [0.1, 0.15) is 6.92 Å². The topological polar surface area (TPSA) is 12.4 Å². The van der Waals surface area contributed by atoms with Gasteiger partial charge in [0.25, 0.3) is 0 Å². The molecule has 1 heterocycles. The normalized spacial score (nSPS) is 31.8. The molecule has 0 saturated heterocycles. The van der Waals surface area contributed by atoms with Crippen molar-refractivity contribution in [2.45, 2.75) is 12.3 Å². The number of hydrogen-bond donors (Lipinski definition) is 0.